The highest BCUT2D eigenvalue weighted by Gasteiger charge is 2.29. The molecule has 0 N–H and O–H groups in total. The van der Waals surface area contributed by atoms with Gasteiger partial charge >= 0.3 is 5.69 Å². The van der Waals surface area contributed by atoms with Crippen LogP contribution >= 0.6 is 11.3 Å². The Morgan fingerprint density at radius 3 is 2.67 bits per heavy atom. The number of sulfonamides is 1. The van der Waals surface area contributed by atoms with Crippen LogP contribution in [0.3, 0.4) is 0 Å². The molecule has 30 heavy (non-hydrogen) atoms. The van der Waals surface area contributed by atoms with E-state index in [2.05, 4.69) is 9.97 Å². The van der Waals surface area contributed by atoms with Crippen molar-refractivity contribution >= 4 is 37.3 Å². The molecule has 0 atom stereocenters. The zero-order valence-electron chi connectivity index (χ0n) is 16.2. The largest absolute Gasteiger partial charge is 0.431 e. The highest BCUT2D eigenvalue weighted by atomic mass is 32.2. The summed E-state index contributed by atoms with van der Waals surface area (Å²) >= 11 is 1.48. The van der Waals surface area contributed by atoms with Crippen LogP contribution in [-0.4, -0.2) is 53.9 Å². The highest BCUT2D eigenvalue weighted by molar-refractivity contribution is 7.89. The Morgan fingerprint density at radius 2 is 1.97 bits per heavy atom. The number of benzene rings is 1. The van der Waals surface area contributed by atoms with Crippen molar-refractivity contribution in [1.82, 2.24) is 14.3 Å². The molecular formula is C18H18N4O6S2. The summed E-state index contributed by atoms with van der Waals surface area (Å²) in [6.07, 6.45) is 1.33. The second-order valence-electron chi connectivity index (χ2n) is 6.65. The van der Waals surface area contributed by atoms with Gasteiger partial charge in [-0.1, -0.05) is 0 Å². The van der Waals surface area contributed by atoms with E-state index in [0.717, 1.165) is 16.5 Å². The fourth-order valence-electron chi connectivity index (χ4n) is 3.15. The maximum atomic E-state index is 12.8. The number of aryl methyl sites for hydroxylation is 2. The quantitative estimate of drug-likeness (QED) is 0.429. The van der Waals surface area contributed by atoms with Gasteiger partial charge in [0.25, 0.3) is 0 Å². The first-order valence-corrected chi connectivity index (χ1v) is 11.3. The normalized spacial score (nSPS) is 15.4. The third-order valence-electron chi connectivity index (χ3n) is 4.87. The lowest BCUT2D eigenvalue weighted by molar-refractivity contribution is -0.385. The SMILES string of the molecule is Cc1sc2ncnc(Oc3ccc(S(=O)(=O)N4CCOCC4)cc3[N+](=O)[O-])c2c1C. The van der Waals surface area contributed by atoms with Crippen LogP contribution in [0.25, 0.3) is 10.2 Å². The number of aromatic nitrogens is 2. The Kier molecular flexibility index (Phi) is 5.40. The molecular weight excluding hydrogens is 432 g/mol. The summed E-state index contributed by atoms with van der Waals surface area (Å²) < 4.78 is 37.9. The molecule has 0 unspecified atom stereocenters. The summed E-state index contributed by atoms with van der Waals surface area (Å²) in [5.41, 5.74) is 0.473. The molecule has 4 rings (SSSR count). The number of fused-ring (bicyclic) bond motifs is 1. The molecule has 1 saturated heterocycles. The van der Waals surface area contributed by atoms with Crippen molar-refractivity contribution in [2.75, 3.05) is 26.3 Å². The molecule has 0 aliphatic carbocycles. The lowest BCUT2D eigenvalue weighted by Crippen LogP contribution is -2.40. The standard InChI is InChI=1S/C18H18N4O6S2/c1-11-12(2)29-18-16(11)17(19-10-20-18)28-15-4-3-13(9-14(15)22(23)24)30(25,26)21-5-7-27-8-6-21/h3-4,9-10H,5-8H2,1-2H3. The molecule has 2 aromatic heterocycles. The van der Waals surface area contributed by atoms with E-state index in [1.807, 2.05) is 13.8 Å². The van der Waals surface area contributed by atoms with Crippen molar-refractivity contribution in [3.05, 3.63) is 45.1 Å². The zero-order valence-corrected chi connectivity index (χ0v) is 17.8. The van der Waals surface area contributed by atoms with Crippen LogP contribution in [0.5, 0.6) is 11.6 Å². The van der Waals surface area contributed by atoms with Crippen LogP contribution in [-0.2, 0) is 14.8 Å². The molecule has 0 amide bonds. The maximum absolute atomic E-state index is 12.8. The predicted molar refractivity (Wildman–Crippen MR) is 110 cm³/mol. The van der Waals surface area contributed by atoms with Crippen molar-refractivity contribution in [1.29, 1.82) is 0 Å². The third kappa shape index (κ3) is 3.62. The second kappa shape index (κ2) is 7.87. The number of thiophene rings is 1. The average Bonchev–Trinajstić information content (AvgIpc) is 3.03. The Hall–Kier alpha value is -2.67. The van der Waals surface area contributed by atoms with E-state index in [-0.39, 0.29) is 42.8 Å². The second-order valence-corrected chi connectivity index (χ2v) is 9.79. The first-order chi connectivity index (χ1) is 14.3. The van der Waals surface area contributed by atoms with Gasteiger partial charge in [-0.2, -0.15) is 4.31 Å². The topological polar surface area (TPSA) is 125 Å². The van der Waals surface area contributed by atoms with E-state index in [1.54, 1.807) is 0 Å². The van der Waals surface area contributed by atoms with Gasteiger partial charge < -0.3 is 9.47 Å². The van der Waals surface area contributed by atoms with Crippen LogP contribution in [0.4, 0.5) is 5.69 Å². The van der Waals surface area contributed by atoms with E-state index in [0.29, 0.717) is 10.2 Å². The average molecular weight is 450 g/mol. The van der Waals surface area contributed by atoms with E-state index in [1.165, 1.54) is 34.1 Å². The summed E-state index contributed by atoms with van der Waals surface area (Å²) in [7, 11) is -3.88. The van der Waals surface area contributed by atoms with Crippen LogP contribution in [0.15, 0.2) is 29.4 Å². The third-order valence-corrected chi connectivity index (χ3v) is 7.88. The number of nitro groups is 1. The fourth-order valence-corrected chi connectivity index (χ4v) is 5.57. The molecule has 0 bridgehead atoms. The smallest absolute Gasteiger partial charge is 0.312 e. The highest BCUT2D eigenvalue weighted by Crippen LogP contribution is 2.39. The molecule has 0 spiro atoms. The van der Waals surface area contributed by atoms with E-state index >= 15 is 0 Å². The number of hydrogen-bond acceptors (Lipinski definition) is 9. The number of hydrogen-bond donors (Lipinski definition) is 0. The number of ether oxygens (including phenoxy) is 2. The van der Waals surface area contributed by atoms with Crippen LogP contribution < -0.4 is 4.74 Å². The molecule has 10 nitrogen and oxygen atoms in total. The fraction of sp³-hybridized carbons (Fsp3) is 0.333. The summed E-state index contributed by atoms with van der Waals surface area (Å²) in [5.74, 6) is 0.0953. The lowest BCUT2D eigenvalue weighted by Gasteiger charge is -2.26. The predicted octanol–water partition coefficient (Wildman–Crippen LogP) is 3.03. The summed E-state index contributed by atoms with van der Waals surface area (Å²) in [6, 6.07) is 3.61. The molecule has 158 valence electrons. The number of rotatable bonds is 5. The van der Waals surface area contributed by atoms with Gasteiger partial charge in [0.05, 0.1) is 28.4 Å². The molecule has 1 aliphatic rings. The van der Waals surface area contributed by atoms with Crippen molar-refractivity contribution in [3.63, 3.8) is 0 Å². The van der Waals surface area contributed by atoms with Gasteiger partial charge in [-0.05, 0) is 31.5 Å². The summed E-state index contributed by atoms with van der Waals surface area (Å²) in [4.78, 5) is 20.9. The van der Waals surface area contributed by atoms with Crippen molar-refractivity contribution in [2.24, 2.45) is 0 Å². The van der Waals surface area contributed by atoms with Crippen LogP contribution in [0.2, 0.25) is 0 Å². The van der Waals surface area contributed by atoms with Crippen molar-refractivity contribution in [3.8, 4) is 11.6 Å². The Morgan fingerprint density at radius 1 is 1.23 bits per heavy atom. The van der Waals surface area contributed by atoms with E-state index in [4.69, 9.17) is 9.47 Å². The van der Waals surface area contributed by atoms with E-state index < -0.39 is 20.6 Å². The molecule has 1 fully saturated rings. The van der Waals surface area contributed by atoms with Gasteiger partial charge in [0, 0.05) is 24.0 Å². The lowest BCUT2D eigenvalue weighted by atomic mass is 10.2. The van der Waals surface area contributed by atoms with Crippen molar-refractivity contribution in [2.45, 2.75) is 18.7 Å². The van der Waals surface area contributed by atoms with Gasteiger partial charge in [0.15, 0.2) is 0 Å². The van der Waals surface area contributed by atoms with Gasteiger partial charge in [0.2, 0.25) is 21.7 Å². The van der Waals surface area contributed by atoms with Crippen LogP contribution in [0.1, 0.15) is 10.4 Å². The summed E-state index contributed by atoms with van der Waals surface area (Å²) in [5, 5.41) is 12.3. The minimum absolute atomic E-state index is 0.0934. The van der Waals surface area contributed by atoms with Crippen LogP contribution in [0, 0.1) is 24.0 Å². The zero-order chi connectivity index (χ0) is 21.5. The first-order valence-electron chi connectivity index (χ1n) is 9.04. The first kappa shape index (κ1) is 20.6. The minimum atomic E-state index is -3.88. The van der Waals surface area contributed by atoms with Gasteiger partial charge in [0.1, 0.15) is 11.2 Å². The molecule has 1 aliphatic heterocycles. The number of morpholine rings is 1. The number of nitro benzene ring substituents is 1. The molecule has 12 heteroatoms. The molecule has 1 aromatic carbocycles. The maximum Gasteiger partial charge on any atom is 0.312 e. The van der Waals surface area contributed by atoms with Gasteiger partial charge in [-0.25, -0.2) is 18.4 Å². The van der Waals surface area contributed by atoms with Gasteiger partial charge in [-0.3, -0.25) is 10.1 Å². The Labute approximate surface area is 176 Å². The van der Waals surface area contributed by atoms with E-state index in [9.17, 15) is 18.5 Å². The molecule has 3 aromatic rings. The monoisotopic (exact) mass is 450 g/mol. The number of nitrogens with zero attached hydrogens (tertiary/aromatic N) is 4. The molecule has 3 heterocycles. The Bertz CT molecular complexity index is 1230. The van der Waals surface area contributed by atoms with Crippen molar-refractivity contribution < 1.29 is 22.8 Å². The minimum Gasteiger partial charge on any atom is -0.431 e. The Balaban J connectivity index is 1.74. The van der Waals surface area contributed by atoms with Gasteiger partial charge in [-0.15, -0.1) is 11.3 Å². The molecule has 0 radical (unpaired) electrons. The summed E-state index contributed by atoms with van der Waals surface area (Å²) in [6.45, 7) is 4.81. The molecule has 0 saturated carbocycles.